The van der Waals surface area contributed by atoms with Gasteiger partial charge in [-0.15, -0.1) is 0 Å². The van der Waals surface area contributed by atoms with Gasteiger partial charge in [0.1, 0.15) is 0 Å². The third-order valence-corrected chi connectivity index (χ3v) is 2.69. The van der Waals surface area contributed by atoms with Crippen LogP contribution < -0.4 is 0 Å². The lowest BCUT2D eigenvalue weighted by atomic mass is 9.80. The van der Waals surface area contributed by atoms with Crippen LogP contribution in [0.1, 0.15) is 39.0 Å². The lowest BCUT2D eigenvalue weighted by Gasteiger charge is -2.30. The molecule has 1 atom stereocenters. The molecule has 0 aromatic heterocycles. The predicted molar refractivity (Wildman–Crippen MR) is 49.1 cm³/mol. The van der Waals surface area contributed by atoms with E-state index in [1.54, 1.807) is 0 Å². The van der Waals surface area contributed by atoms with E-state index >= 15 is 0 Å². The number of hydrogen-bond acceptors (Lipinski definition) is 2. The molecule has 0 saturated heterocycles. The van der Waals surface area contributed by atoms with Crippen LogP contribution in [0.2, 0.25) is 0 Å². The predicted octanol–water partition coefficient (Wildman–Crippen LogP) is 1.96. The zero-order valence-corrected chi connectivity index (χ0v) is 7.96. The van der Waals surface area contributed by atoms with Gasteiger partial charge in [-0.1, -0.05) is 6.42 Å². The highest BCUT2D eigenvalue weighted by Crippen LogP contribution is 2.31. The fourth-order valence-corrected chi connectivity index (χ4v) is 1.60. The molecule has 72 valence electrons. The minimum atomic E-state index is -0.0563. The molecule has 1 aliphatic carbocycles. The van der Waals surface area contributed by atoms with Crippen LogP contribution in [0.3, 0.4) is 0 Å². The molecule has 1 fully saturated rings. The molecule has 2 heteroatoms. The zero-order valence-electron chi connectivity index (χ0n) is 7.96. The fraction of sp³-hybridized carbons (Fsp3) is 1.00. The summed E-state index contributed by atoms with van der Waals surface area (Å²) in [4.78, 5) is 0. The number of aliphatic hydroxyl groups is 1. The van der Waals surface area contributed by atoms with E-state index in [1.165, 1.54) is 19.3 Å². The summed E-state index contributed by atoms with van der Waals surface area (Å²) in [6.07, 6.45) is 5.65. The topological polar surface area (TPSA) is 29.5 Å². The number of rotatable bonds is 6. The third-order valence-electron chi connectivity index (χ3n) is 2.69. The Balaban J connectivity index is 1.91. The van der Waals surface area contributed by atoms with E-state index in [0.717, 1.165) is 26.1 Å². The maximum Gasteiger partial charge on any atom is 0.0569 e. The molecule has 0 bridgehead atoms. The standard InChI is InChI=1S/C10H20O2/c1-2-12-8-4-7-10(11)9-5-3-6-9/h9-11H,2-8H2,1H3. The summed E-state index contributed by atoms with van der Waals surface area (Å²) >= 11 is 0. The molecule has 0 aromatic rings. The Hall–Kier alpha value is -0.0800. The average Bonchev–Trinajstić information content (AvgIpc) is 1.95. The summed E-state index contributed by atoms with van der Waals surface area (Å²) < 4.78 is 5.20. The van der Waals surface area contributed by atoms with Crippen molar-refractivity contribution in [1.82, 2.24) is 0 Å². The molecule has 1 saturated carbocycles. The van der Waals surface area contributed by atoms with E-state index in [2.05, 4.69) is 0 Å². The molecule has 1 rings (SSSR count). The maximum atomic E-state index is 9.61. The average molecular weight is 172 g/mol. The summed E-state index contributed by atoms with van der Waals surface area (Å²) in [5.74, 6) is 0.603. The fourth-order valence-electron chi connectivity index (χ4n) is 1.60. The van der Waals surface area contributed by atoms with Gasteiger partial charge in [-0.05, 0) is 38.5 Å². The molecule has 1 N–H and O–H groups in total. The first-order valence-corrected chi connectivity index (χ1v) is 5.10. The second kappa shape index (κ2) is 5.55. The van der Waals surface area contributed by atoms with Crippen LogP contribution in [0.15, 0.2) is 0 Å². The highest BCUT2D eigenvalue weighted by molar-refractivity contribution is 4.76. The maximum absolute atomic E-state index is 9.61. The van der Waals surface area contributed by atoms with Gasteiger partial charge in [0.15, 0.2) is 0 Å². The molecule has 0 spiro atoms. The lowest BCUT2D eigenvalue weighted by Crippen LogP contribution is -2.26. The lowest BCUT2D eigenvalue weighted by molar-refractivity contribution is 0.0443. The summed E-state index contributed by atoms with van der Waals surface area (Å²) in [6, 6.07) is 0. The molecule has 0 aliphatic heterocycles. The zero-order chi connectivity index (χ0) is 8.81. The van der Waals surface area contributed by atoms with Crippen LogP contribution in [0.25, 0.3) is 0 Å². The van der Waals surface area contributed by atoms with Crippen molar-refractivity contribution in [2.75, 3.05) is 13.2 Å². The smallest absolute Gasteiger partial charge is 0.0569 e. The van der Waals surface area contributed by atoms with Crippen molar-refractivity contribution in [3.8, 4) is 0 Å². The van der Waals surface area contributed by atoms with Gasteiger partial charge in [-0.3, -0.25) is 0 Å². The van der Waals surface area contributed by atoms with Gasteiger partial charge in [0.2, 0.25) is 0 Å². The summed E-state index contributed by atoms with van der Waals surface area (Å²) in [5.41, 5.74) is 0. The highest BCUT2D eigenvalue weighted by Gasteiger charge is 2.24. The highest BCUT2D eigenvalue weighted by atomic mass is 16.5. The van der Waals surface area contributed by atoms with Gasteiger partial charge in [-0.2, -0.15) is 0 Å². The Labute approximate surface area is 74.9 Å². The van der Waals surface area contributed by atoms with Crippen LogP contribution in [0, 0.1) is 5.92 Å². The van der Waals surface area contributed by atoms with Gasteiger partial charge >= 0.3 is 0 Å². The van der Waals surface area contributed by atoms with E-state index in [1.807, 2.05) is 6.92 Å². The Kier molecular flexibility index (Phi) is 4.62. The van der Waals surface area contributed by atoms with E-state index in [-0.39, 0.29) is 6.10 Å². The largest absolute Gasteiger partial charge is 0.393 e. The van der Waals surface area contributed by atoms with E-state index < -0.39 is 0 Å². The molecule has 0 radical (unpaired) electrons. The van der Waals surface area contributed by atoms with Gasteiger partial charge in [-0.25, -0.2) is 0 Å². The molecular formula is C10H20O2. The minimum Gasteiger partial charge on any atom is -0.393 e. The Bertz CT molecular complexity index is 110. The quantitative estimate of drug-likeness (QED) is 0.621. The summed E-state index contributed by atoms with van der Waals surface area (Å²) in [6.45, 7) is 3.60. The first kappa shape index (κ1) is 10.0. The summed E-state index contributed by atoms with van der Waals surface area (Å²) in [7, 11) is 0. The molecule has 0 heterocycles. The second-order valence-electron chi connectivity index (χ2n) is 3.60. The molecular weight excluding hydrogens is 152 g/mol. The molecule has 2 nitrogen and oxygen atoms in total. The van der Waals surface area contributed by atoms with Crippen molar-refractivity contribution < 1.29 is 9.84 Å². The van der Waals surface area contributed by atoms with Crippen molar-refractivity contribution in [2.45, 2.75) is 45.1 Å². The first-order chi connectivity index (χ1) is 5.84. The monoisotopic (exact) mass is 172 g/mol. The van der Waals surface area contributed by atoms with Crippen LogP contribution >= 0.6 is 0 Å². The third kappa shape index (κ3) is 3.11. The van der Waals surface area contributed by atoms with Gasteiger partial charge < -0.3 is 9.84 Å². The SMILES string of the molecule is CCOCCCC(O)C1CCC1. The molecule has 1 unspecified atom stereocenters. The number of ether oxygens (including phenoxy) is 1. The first-order valence-electron chi connectivity index (χ1n) is 5.10. The van der Waals surface area contributed by atoms with Crippen molar-refractivity contribution >= 4 is 0 Å². The number of aliphatic hydroxyl groups excluding tert-OH is 1. The second-order valence-corrected chi connectivity index (χ2v) is 3.60. The van der Waals surface area contributed by atoms with Crippen molar-refractivity contribution in [3.05, 3.63) is 0 Å². The van der Waals surface area contributed by atoms with E-state index in [4.69, 9.17) is 4.74 Å². The normalized spacial score (nSPS) is 20.5. The van der Waals surface area contributed by atoms with Crippen LogP contribution in [0.5, 0.6) is 0 Å². The Morgan fingerprint density at radius 3 is 2.75 bits per heavy atom. The minimum absolute atomic E-state index is 0.0563. The van der Waals surface area contributed by atoms with Crippen LogP contribution in [-0.4, -0.2) is 24.4 Å². The van der Waals surface area contributed by atoms with Gasteiger partial charge in [0, 0.05) is 13.2 Å². The Morgan fingerprint density at radius 1 is 1.50 bits per heavy atom. The van der Waals surface area contributed by atoms with Gasteiger partial charge in [0.25, 0.3) is 0 Å². The van der Waals surface area contributed by atoms with Crippen molar-refractivity contribution in [3.63, 3.8) is 0 Å². The molecule has 1 aliphatic rings. The molecule has 0 amide bonds. The van der Waals surface area contributed by atoms with Crippen molar-refractivity contribution in [1.29, 1.82) is 0 Å². The molecule has 12 heavy (non-hydrogen) atoms. The van der Waals surface area contributed by atoms with Crippen LogP contribution in [-0.2, 0) is 4.74 Å². The Morgan fingerprint density at radius 2 is 2.25 bits per heavy atom. The van der Waals surface area contributed by atoms with E-state index in [0.29, 0.717) is 5.92 Å². The molecule has 0 aromatic carbocycles. The van der Waals surface area contributed by atoms with Crippen LogP contribution in [0.4, 0.5) is 0 Å². The van der Waals surface area contributed by atoms with Crippen molar-refractivity contribution in [2.24, 2.45) is 5.92 Å². The number of hydrogen-bond donors (Lipinski definition) is 1. The van der Waals surface area contributed by atoms with Gasteiger partial charge in [0.05, 0.1) is 6.10 Å². The van der Waals surface area contributed by atoms with E-state index in [9.17, 15) is 5.11 Å². The summed E-state index contributed by atoms with van der Waals surface area (Å²) in [5, 5.41) is 9.61.